The van der Waals surface area contributed by atoms with Crippen LogP contribution in [0, 0.1) is 17.8 Å². The SMILES string of the molecule is C1=CC([n+]2ccn(C34CC5CC(CC(C5)C3)C4)c2)C(P(c2ccccc2)c2ccccc2)=C1. The van der Waals surface area contributed by atoms with Gasteiger partial charge >= 0.3 is 0 Å². The molecule has 0 saturated heterocycles. The van der Waals surface area contributed by atoms with Crippen LogP contribution in [0.1, 0.15) is 44.6 Å². The quantitative estimate of drug-likeness (QED) is 0.341. The van der Waals surface area contributed by atoms with Gasteiger partial charge < -0.3 is 0 Å². The van der Waals surface area contributed by atoms with Crippen molar-refractivity contribution in [3.63, 3.8) is 0 Å². The molecule has 33 heavy (non-hydrogen) atoms. The fraction of sp³-hybridized carbons (Fsp3) is 0.367. The van der Waals surface area contributed by atoms with Crippen LogP contribution in [0.25, 0.3) is 0 Å². The molecule has 4 bridgehead atoms. The lowest BCUT2D eigenvalue weighted by Gasteiger charge is -2.54. The summed E-state index contributed by atoms with van der Waals surface area (Å²) < 4.78 is 5.11. The van der Waals surface area contributed by atoms with Crippen molar-refractivity contribution in [3.8, 4) is 0 Å². The van der Waals surface area contributed by atoms with E-state index in [-0.39, 0.29) is 0 Å². The maximum absolute atomic E-state index is 2.63. The molecule has 0 aliphatic heterocycles. The Balaban J connectivity index is 1.24. The van der Waals surface area contributed by atoms with Crippen LogP contribution in [-0.4, -0.2) is 4.57 Å². The molecule has 166 valence electrons. The van der Waals surface area contributed by atoms with Crippen molar-refractivity contribution in [1.29, 1.82) is 0 Å². The first-order valence-electron chi connectivity index (χ1n) is 12.7. The molecular weight excluding hydrogens is 419 g/mol. The number of hydrogen-bond donors (Lipinski definition) is 0. The zero-order valence-corrected chi connectivity index (χ0v) is 20.0. The number of aromatic nitrogens is 2. The Labute approximate surface area is 198 Å². The van der Waals surface area contributed by atoms with Crippen LogP contribution in [0.15, 0.2) is 103 Å². The number of imidazole rings is 1. The van der Waals surface area contributed by atoms with Crippen molar-refractivity contribution in [2.24, 2.45) is 17.8 Å². The highest BCUT2D eigenvalue weighted by molar-refractivity contribution is 7.76. The summed E-state index contributed by atoms with van der Waals surface area (Å²) in [4.78, 5) is 0. The zero-order valence-electron chi connectivity index (χ0n) is 19.1. The molecule has 1 atom stereocenters. The molecule has 5 aliphatic rings. The highest BCUT2D eigenvalue weighted by atomic mass is 31.1. The largest absolute Gasteiger partial charge is 0.244 e. The maximum atomic E-state index is 2.63. The Morgan fingerprint density at radius 1 is 0.788 bits per heavy atom. The van der Waals surface area contributed by atoms with E-state index in [1.807, 2.05) is 0 Å². The van der Waals surface area contributed by atoms with E-state index in [4.69, 9.17) is 0 Å². The summed E-state index contributed by atoms with van der Waals surface area (Å²) in [7, 11) is -0.564. The van der Waals surface area contributed by atoms with Crippen LogP contribution < -0.4 is 15.2 Å². The van der Waals surface area contributed by atoms with Gasteiger partial charge in [-0.25, -0.2) is 9.13 Å². The lowest BCUT2D eigenvalue weighted by atomic mass is 9.53. The van der Waals surface area contributed by atoms with Crippen LogP contribution >= 0.6 is 7.92 Å². The third-order valence-electron chi connectivity index (χ3n) is 8.68. The van der Waals surface area contributed by atoms with Crippen molar-refractivity contribution in [1.82, 2.24) is 4.57 Å². The molecule has 1 aromatic heterocycles. The van der Waals surface area contributed by atoms with Gasteiger partial charge in [-0.2, -0.15) is 0 Å². The van der Waals surface area contributed by atoms with E-state index in [1.54, 1.807) is 0 Å². The first-order chi connectivity index (χ1) is 16.3. The lowest BCUT2D eigenvalue weighted by molar-refractivity contribution is -0.702. The summed E-state index contributed by atoms with van der Waals surface area (Å²) >= 11 is 0. The second-order valence-electron chi connectivity index (χ2n) is 10.8. The summed E-state index contributed by atoms with van der Waals surface area (Å²) in [5.74, 6) is 2.91. The molecule has 1 unspecified atom stereocenters. The molecule has 0 radical (unpaired) electrons. The average molecular weight is 452 g/mol. The summed E-state index contributed by atoms with van der Waals surface area (Å²) in [6, 6.07) is 22.5. The van der Waals surface area contributed by atoms with Gasteiger partial charge in [0.1, 0.15) is 24.0 Å². The fourth-order valence-corrected chi connectivity index (χ4v) is 10.3. The van der Waals surface area contributed by atoms with Gasteiger partial charge in [0.15, 0.2) is 0 Å². The number of rotatable bonds is 5. The predicted octanol–water partition coefficient (Wildman–Crippen LogP) is 5.83. The molecule has 4 saturated carbocycles. The van der Waals surface area contributed by atoms with Crippen LogP contribution in [0.2, 0.25) is 0 Å². The molecule has 2 aromatic carbocycles. The molecule has 1 heterocycles. The van der Waals surface area contributed by atoms with E-state index < -0.39 is 7.92 Å². The van der Waals surface area contributed by atoms with Crippen molar-refractivity contribution >= 4 is 18.5 Å². The first kappa shape index (κ1) is 20.0. The number of nitrogens with zero attached hydrogens (tertiary/aromatic N) is 2. The first-order valence-corrected chi connectivity index (χ1v) is 14.0. The highest BCUT2D eigenvalue weighted by Gasteiger charge is 2.54. The van der Waals surface area contributed by atoms with E-state index in [2.05, 4.69) is 107 Å². The van der Waals surface area contributed by atoms with Gasteiger partial charge in [0.2, 0.25) is 6.33 Å². The number of hydrogen-bond acceptors (Lipinski definition) is 0. The van der Waals surface area contributed by atoms with Gasteiger partial charge in [-0.3, -0.25) is 0 Å². The Bertz CT molecular complexity index is 1130. The topological polar surface area (TPSA) is 8.81 Å². The molecule has 0 N–H and O–H groups in total. The summed E-state index contributed by atoms with van der Waals surface area (Å²) in [6.45, 7) is 0. The predicted molar refractivity (Wildman–Crippen MR) is 136 cm³/mol. The molecule has 0 amide bonds. The fourth-order valence-electron chi connectivity index (χ4n) is 7.71. The number of allylic oxidation sites excluding steroid dienone is 4. The Hall–Kier alpha value is -2.44. The molecule has 2 nitrogen and oxygen atoms in total. The number of benzene rings is 2. The minimum absolute atomic E-state index is 0.298. The van der Waals surface area contributed by atoms with E-state index in [0.29, 0.717) is 11.6 Å². The van der Waals surface area contributed by atoms with E-state index in [1.165, 1.54) is 54.4 Å². The summed E-state index contributed by atoms with van der Waals surface area (Å²) in [5, 5.41) is 4.38. The van der Waals surface area contributed by atoms with Crippen LogP contribution in [0.3, 0.4) is 0 Å². The Morgan fingerprint density at radius 2 is 1.36 bits per heavy atom. The third kappa shape index (κ3) is 3.38. The van der Waals surface area contributed by atoms with Crippen molar-refractivity contribution < 1.29 is 4.57 Å². The molecule has 3 aromatic rings. The highest BCUT2D eigenvalue weighted by Crippen LogP contribution is 2.58. The molecule has 0 spiro atoms. The third-order valence-corrected chi connectivity index (χ3v) is 11.2. The Morgan fingerprint density at radius 3 is 1.94 bits per heavy atom. The lowest BCUT2D eigenvalue weighted by Crippen LogP contribution is -2.52. The van der Waals surface area contributed by atoms with E-state index >= 15 is 0 Å². The van der Waals surface area contributed by atoms with Gasteiger partial charge in [-0.1, -0.05) is 72.8 Å². The van der Waals surface area contributed by atoms with E-state index in [9.17, 15) is 0 Å². The normalized spacial score (nSPS) is 32.0. The Kier molecular flexibility index (Phi) is 4.73. The summed E-state index contributed by atoms with van der Waals surface area (Å²) in [5.41, 5.74) is 0.385. The minimum Gasteiger partial charge on any atom is -0.231 e. The van der Waals surface area contributed by atoms with Gasteiger partial charge in [0.25, 0.3) is 0 Å². The average Bonchev–Trinajstić information content (AvgIpc) is 3.50. The zero-order chi connectivity index (χ0) is 21.8. The summed E-state index contributed by atoms with van der Waals surface area (Å²) in [6.07, 6.45) is 22.9. The molecule has 3 heteroatoms. The smallest absolute Gasteiger partial charge is 0.231 e. The second-order valence-corrected chi connectivity index (χ2v) is 13.1. The molecule has 4 fully saturated rings. The maximum Gasteiger partial charge on any atom is 0.244 e. The van der Waals surface area contributed by atoms with Crippen molar-refractivity contribution in [2.75, 3.05) is 0 Å². The van der Waals surface area contributed by atoms with Crippen LogP contribution in [-0.2, 0) is 5.54 Å². The standard InChI is InChI=1S/C30H32N2P/c1-3-8-26(9-4-1)33(27-10-5-2-6-11-27)29-13-7-12-28(29)31-14-15-32(22-31)30-19-23-16-24(20-30)18-25(17-23)21-30/h1-15,22-25,28H,16-21H2/q+1. The van der Waals surface area contributed by atoms with E-state index in [0.717, 1.165) is 17.8 Å². The van der Waals surface area contributed by atoms with Crippen LogP contribution in [0.5, 0.6) is 0 Å². The van der Waals surface area contributed by atoms with Gasteiger partial charge in [-0.05, 0) is 80.9 Å². The van der Waals surface area contributed by atoms with Crippen molar-refractivity contribution in [2.45, 2.75) is 50.1 Å². The molecular formula is C30H32N2P+. The van der Waals surface area contributed by atoms with Gasteiger partial charge in [0.05, 0.1) is 0 Å². The van der Waals surface area contributed by atoms with Gasteiger partial charge in [0, 0.05) is 5.31 Å². The molecule has 8 rings (SSSR count). The van der Waals surface area contributed by atoms with Gasteiger partial charge in [-0.15, -0.1) is 0 Å². The monoisotopic (exact) mass is 451 g/mol. The molecule has 5 aliphatic carbocycles. The minimum atomic E-state index is -0.564. The van der Waals surface area contributed by atoms with Crippen LogP contribution in [0.4, 0.5) is 0 Å². The van der Waals surface area contributed by atoms with Crippen molar-refractivity contribution in [3.05, 3.63) is 103 Å². The second kappa shape index (κ2) is 7.81.